The molecule has 1 aliphatic heterocycles. The van der Waals surface area contributed by atoms with Gasteiger partial charge < -0.3 is 14.2 Å². The molecule has 0 saturated carbocycles. The van der Waals surface area contributed by atoms with Crippen molar-refractivity contribution in [1.29, 1.82) is 0 Å². The second-order valence-corrected chi connectivity index (χ2v) is 7.89. The largest absolute Gasteiger partial charge is 0.489 e. The van der Waals surface area contributed by atoms with Crippen molar-refractivity contribution in [2.24, 2.45) is 7.05 Å². The van der Waals surface area contributed by atoms with Crippen molar-refractivity contribution in [2.45, 2.75) is 19.4 Å². The number of benzene rings is 2. The molecule has 1 saturated heterocycles. The third-order valence-electron chi connectivity index (χ3n) is 5.63. The summed E-state index contributed by atoms with van der Waals surface area (Å²) in [6.45, 7) is 3.13. The minimum absolute atomic E-state index is 0.0514. The Morgan fingerprint density at radius 2 is 1.88 bits per heavy atom. The predicted octanol–water partition coefficient (Wildman–Crippen LogP) is 3.74. The first kappa shape index (κ1) is 20.0. The maximum atomic E-state index is 12.7. The standard InChI is InChI=1S/C24H23N5O3/c1-16-14-21(26-28(16)2)24(30)29-13-12-20(15-29)31-19-10-8-17(9-11-19)22-25-23(32-27-22)18-6-4-3-5-7-18/h3-11,14,20H,12-13,15H2,1-2H3. The van der Waals surface area contributed by atoms with E-state index in [4.69, 9.17) is 9.26 Å². The monoisotopic (exact) mass is 429 g/mol. The fourth-order valence-corrected chi connectivity index (χ4v) is 3.75. The van der Waals surface area contributed by atoms with Crippen LogP contribution in [0.4, 0.5) is 0 Å². The molecule has 5 rings (SSSR count). The molecule has 32 heavy (non-hydrogen) atoms. The average Bonchev–Trinajstić information content (AvgIpc) is 3.56. The number of rotatable bonds is 5. The lowest BCUT2D eigenvalue weighted by Gasteiger charge is -2.16. The highest BCUT2D eigenvalue weighted by molar-refractivity contribution is 5.92. The zero-order valence-electron chi connectivity index (χ0n) is 17.9. The molecule has 2 aromatic carbocycles. The van der Waals surface area contributed by atoms with Gasteiger partial charge in [0.2, 0.25) is 5.82 Å². The molecule has 0 aliphatic carbocycles. The molecule has 1 amide bonds. The van der Waals surface area contributed by atoms with Gasteiger partial charge in [0.1, 0.15) is 11.9 Å². The molecule has 8 nitrogen and oxygen atoms in total. The molecule has 4 aromatic rings. The highest BCUT2D eigenvalue weighted by atomic mass is 16.5. The van der Waals surface area contributed by atoms with E-state index in [-0.39, 0.29) is 12.0 Å². The number of aromatic nitrogens is 4. The summed E-state index contributed by atoms with van der Waals surface area (Å²) < 4.78 is 13.2. The fourth-order valence-electron chi connectivity index (χ4n) is 3.75. The van der Waals surface area contributed by atoms with Gasteiger partial charge in [0.15, 0.2) is 5.69 Å². The second kappa shape index (κ2) is 8.30. The molecule has 1 fully saturated rings. The van der Waals surface area contributed by atoms with Crippen molar-refractivity contribution in [3.63, 3.8) is 0 Å². The molecule has 0 radical (unpaired) electrons. The molecule has 1 unspecified atom stereocenters. The van der Waals surface area contributed by atoms with Crippen LogP contribution in [0.25, 0.3) is 22.8 Å². The number of hydrogen-bond donors (Lipinski definition) is 0. The number of carbonyl (C=O) groups is 1. The van der Waals surface area contributed by atoms with Gasteiger partial charge in [-0.25, -0.2) is 0 Å². The zero-order chi connectivity index (χ0) is 22.1. The Labute approximate surface area is 185 Å². The van der Waals surface area contributed by atoms with E-state index in [1.807, 2.05) is 74.6 Å². The Morgan fingerprint density at radius 1 is 1.09 bits per heavy atom. The van der Waals surface area contributed by atoms with Crippen LogP contribution in [0.5, 0.6) is 5.75 Å². The van der Waals surface area contributed by atoms with Crippen LogP contribution in [-0.2, 0) is 7.05 Å². The van der Waals surface area contributed by atoms with Crippen LogP contribution in [0, 0.1) is 6.92 Å². The van der Waals surface area contributed by atoms with Gasteiger partial charge in [0.25, 0.3) is 11.8 Å². The van der Waals surface area contributed by atoms with Gasteiger partial charge in [0.05, 0.1) is 6.54 Å². The molecule has 162 valence electrons. The van der Waals surface area contributed by atoms with E-state index in [0.717, 1.165) is 29.0 Å². The summed E-state index contributed by atoms with van der Waals surface area (Å²) in [5.74, 6) is 1.70. The van der Waals surface area contributed by atoms with Gasteiger partial charge >= 0.3 is 0 Å². The summed E-state index contributed by atoms with van der Waals surface area (Å²) in [5, 5.41) is 8.37. The van der Waals surface area contributed by atoms with Crippen molar-refractivity contribution < 1.29 is 14.1 Å². The predicted molar refractivity (Wildman–Crippen MR) is 118 cm³/mol. The van der Waals surface area contributed by atoms with Gasteiger partial charge in [-0.15, -0.1) is 0 Å². The van der Waals surface area contributed by atoms with Crippen LogP contribution in [0.3, 0.4) is 0 Å². The van der Waals surface area contributed by atoms with Crippen LogP contribution in [0.1, 0.15) is 22.6 Å². The van der Waals surface area contributed by atoms with Crippen LogP contribution in [0.2, 0.25) is 0 Å². The van der Waals surface area contributed by atoms with E-state index in [9.17, 15) is 4.79 Å². The molecule has 2 aromatic heterocycles. The van der Waals surface area contributed by atoms with Crippen molar-refractivity contribution in [3.8, 4) is 28.6 Å². The van der Waals surface area contributed by atoms with Crippen LogP contribution in [-0.4, -0.2) is 49.9 Å². The second-order valence-electron chi connectivity index (χ2n) is 7.89. The van der Waals surface area contributed by atoms with Gasteiger partial charge in [-0.1, -0.05) is 23.4 Å². The summed E-state index contributed by atoms with van der Waals surface area (Å²) >= 11 is 0. The lowest BCUT2D eigenvalue weighted by Crippen LogP contribution is -2.31. The first-order valence-electron chi connectivity index (χ1n) is 10.5. The third kappa shape index (κ3) is 3.99. The van der Waals surface area contributed by atoms with Crippen molar-refractivity contribution in [2.75, 3.05) is 13.1 Å². The molecule has 8 heteroatoms. The average molecular weight is 429 g/mol. The SMILES string of the molecule is Cc1cc(C(=O)N2CCC(Oc3ccc(-c4noc(-c5ccccc5)n4)cc3)C2)nn1C. The zero-order valence-corrected chi connectivity index (χ0v) is 17.9. The number of amides is 1. The highest BCUT2D eigenvalue weighted by Crippen LogP contribution is 2.25. The van der Waals surface area contributed by atoms with Gasteiger partial charge in [0, 0.05) is 36.8 Å². The summed E-state index contributed by atoms with van der Waals surface area (Å²) in [6.07, 6.45) is 0.731. The molecule has 1 aliphatic rings. The maximum absolute atomic E-state index is 12.7. The van der Waals surface area contributed by atoms with E-state index in [2.05, 4.69) is 15.2 Å². The summed E-state index contributed by atoms with van der Waals surface area (Å²) in [7, 11) is 1.84. The molecule has 3 heterocycles. The minimum atomic E-state index is -0.0542. The van der Waals surface area contributed by atoms with E-state index in [1.165, 1.54) is 0 Å². The molecular formula is C24H23N5O3. The Morgan fingerprint density at radius 3 is 2.59 bits per heavy atom. The van der Waals surface area contributed by atoms with E-state index in [1.54, 1.807) is 9.58 Å². The summed E-state index contributed by atoms with van der Waals surface area (Å²) in [5.41, 5.74) is 3.16. The van der Waals surface area contributed by atoms with Crippen molar-refractivity contribution in [1.82, 2.24) is 24.8 Å². The lowest BCUT2D eigenvalue weighted by molar-refractivity contribution is 0.0766. The number of nitrogens with zero attached hydrogens (tertiary/aromatic N) is 5. The Hall–Kier alpha value is -3.94. The quantitative estimate of drug-likeness (QED) is 0.480. The summed E-state index contributed by atoms with van der Waals surface area (Å²) in [6, 6.07) is 19.1. The van der Waals surface area contributed by atoms with Gasteiger partial charge in [-0.3, -0.25) is 9.48 Å². The molecule has 0 N–H and O–H groups in total. The van der Waals surface area contributed by atoms with Gasteiger partial charge in [-0.2, -0.15) is 10.1 Å². The van der Waals surface area contributed by atoms with E-state index >= 15 is 0 Å². The van der Waals surface area contributed by atoms with E-state index < -0.39 is 0 Å². The Bertz CT molecular complexity index is 1210. The van der Waals surface area contributed by atoms with E-state index in [0.29, 0.717) is 30.5 Å². The van der Waals surface area contributed by atoms with Gasteiger partial charge in [-0.05, 0) is 49.4 Å². The molecule has 1 atom stereocenters. The molecule has 0 spiro atoms. The number of likely N-dealkylation sites (tertiary alicyclic amines) is 1. The maximum Gasteiger partial charge on any atom is 0.274 e. The van der Waals surface area contributed by atoms with Crippen LogP contribution in [0.15, 0.2) is 65.2 Å². The summed E-state index contributed by atoms with van der Waals surface area (Å²) in [4.78, 5) is 19.0. The Kier molecular flexibility index (Phi) is 5.18. The number of ether oxygens (including phenoxy) is 1. The minimum Gasteiger partial charge on any atom is -0.489 e. The Balaban J connectivity index is 1.21. The van der Waals surface area contributed by atoms with Crippen LogP contribution < -0.4 is 4.74 Å². The highest BCUT2D eigenvalue weighted by Gasteiger charge is 2.29. The first-order chi connectivity index (χ1) is 15.6. The van der Waals surface area contributed by atoms with Crippen molar-refractivity contribution in [3.05, 3.63) is 72.1 Å². The fraction of sp³-hybridized carbons (Fsp3) is 0.250. The number of hydrogen-bond acceptors (Lipinski definition) is 6. The number of aryl methyl sites for hydroxylation is 2. The smallest absolute Gasteiger partial charge is 0.274 e. The molecular weight excluding hydrogens is 406 g/mol. The van der Waals surface area contributed by atoms with Crippen molar-refractivity contribution >= 4 is 5.91 Å². The first-order valence-corrected chi connectivity index (χ1v) is 10.5. The third-order valence-corrected chi connectivity index (χ3v) is 5.63. The molecule has 0 bridgehead atoms. The normalized spacial score (nSPS) is 15.8. The topological polar surface area (TPSA) is 86.3 Å². The van der Waals surface area contributed by atoms with Crippen LogP contribution >= 0.6 is 0 Å². The lowest BCUT2D eigenvalue weighted by atomic mass is 10.2. The number of carbonyl (C=O) groups excluding carboxylic acids is 1.